The van der Waals surface area contributed by atoms with Crippen molar-refractivity contribution < 1.29 is 19.1 Å². The minimum atomic E-state index is -0.0408. The van der Waals surface area contributed by atoms with Crippen LogP contribution in [0.5, 0.6) is 0 Å². The van der Waals surface area contributed by atoms with Crippen molar-refractivity contribution in [1.82, 2.24) is 0 Å². The summed E-state index contributed by atoms with van der Waals surface area (Å²) in [5.74, 6) is 0.585. The Morgan fingerprint density at radius 3 is 1.63 bits per heavy atom. The van der Waals surface area contributed by atoms with E-state index in [9.17, 15) is 9.59 Å². The fraction of sp³-hybridized carbons (Fsp3) is 0.913. The molecular weight excluding hydrogens is 340 g/mol. The van der Waals surface area contributed by atoms with Gasteiger partial charge in [-0.15, -0.1) is 0 Å². The summed E-state index contributed by atoms with van der Waals surface area (Å²) >= 11 is 0. The molecule has 0 saturated carbocycles. The molecule has 160 valence electrons. The van der Waals surface area contributed by atoms with Gasteiger partial charge in [0.05, 0.1) is 13.2 Å². The highest BCUT2D eigenvalue weighted by Gasteiger charge is 2.10. The maximum Gasteiger partial charge on any atom is 0.305 e. The zero-order valence-electron chi connectivity index (χ0n) is 18.2. The van der Waals surface area contributed by atoms with Crippen LogP contribution in [-0.2, 0) is 19.1 Å². The Labute approximate surface area is 167 Å². The van der Waals surface area contributed by atoms with Crippen molar-refractivity contribution in [3.63, 3.8) is 0 Å². The molecule has 0 aromatic heterocycles. The molecular formula is C23H44O4. The van der Waals surface area contributed by atoms with Gasteiger partial charge in [0.15, 0.2) is 0 Å². The molecule has 1 unspecified atom stereocenters. The lowest BCUT2D eigenvalue weighted by molar-refractivity contribution is -0.144. The molecule has 4 heteroatoms. The Bertz CT molecular complexity index is 354. The van der Waals surface area contributed by atoms with Gasteiger partial charge in [0.1, 0.15) is 0 Å². The number of esters is 2. The standard InChI is InChI=1S/C23H44O4/c1-4-19-26-22(24)16-14-12-10-8-7-9-11-13-15-21(6-3)17-18-23(25)27-20-5-2/h21H,4-20H2,1-3H3. The molecule has 0 aliphatic heterocycles. The molecule has 0 saturated heterocycles. The molecule has 0 rings (SSSR count). The highest BCUT2D eigenvalue weighted by Crippen LogP contribution is 2.20. The molecule has 0 radical (unpaired) electrons. The van der Waals surface area contributed by atoms with Crippen LogP contribution in [0.25, 0.3) is 0 Å². The van der Waals surface area contributed by atoms with E-state index in [1.807, 2.05) is 13.8 Å². The van der Waals surface area contributed by atoms with Crippen LogP contribution < -0.4 is 0 Å². The van der Waals surface area contributed by atoms with Crippen molar-refractivity contribution >= 4 is 11.9 Å². The van der Waals surface area contributed by atoms with Gasteiger partial charge in [0.25, 0.3) is 0 Å². The SMILES string of the molecule is CCCOC(=O)CCCCCCCCCCC(CC)CCC(=O)OCCC. The molecule has 0 bridgehead atoms. The van der Waals surface area contributed by atoms with E-state index in [1.54, 1.807) is 0 Å². The molecule has 0 aromatic rings. The second-order valence-corrected chi connectivity index (χ2v) is 7.62. The second-order valence-electron chi connectivity index (χ2n) is 7.62. The van der Waals surface area contributed by atoms with Crippen LogP contribution in [0.1, 0.15) is 117 Å². The summed E-state index contributed by atoms with van der Waals surface area (Å²) < 4.78 is 10.2. The zero-order chi connectivity index (χ0) is 20.2. The van der Waals surface area contributed by atoms with Gasteiger partial charge < -0.3 is 9.47 Å². The predicted octanol–water partition coefficient (Wildman–Crippen LogP) is 6.60. The molecule has 0 spiro atoms. The van der Waals surface area contributed by atoms with E-state index in [2.05, 4.69) is 6.92 Å². The van der Waals surface area contributed by atoms with Gasteiger partial charge in [0.2, 0.25) is 0 Å². The third-order valence-electron chi connectivity index (χ3n) is 5.01. The molecule has 0 aromatic carbocycles. The first-order chi connectivity index (χ1) is 13.1. The lowest BCUT2D eigenvalue weighted by Gasteiger charge is -2.14. The van der Waals surface area contributed by atoms with Gasteiger partial charge in [-0.25, -0.2) is 0 Å². The molecule has 0 aliphatic rings. The summed E-state index contributed by atoms with van der Waals surface area (Å²) in [6.45, 7) is 7.37. The smallest absolute Gasteiger partial charge is 0.305 e. The number of unbranched alkanes of at least 4 members (excludes halogenated alkanes) is 7. The van der Waals surface area contributed by atoms with E-state index < -0.39 is 0 Å². The van der Waals surface area contributed by atoms with E-state index in [-0.39, 0.29) is 11.9 Å². The largest absolute Gasteiger partial charge is 0.466 e. The van der Waals surface area contributed by atoms with Gasteiger partial charge in [-0.2, -0.15) is 0 Å². The van der Waals surface area contributed by atoms with Crippen LogP contribution in [0.15, 0.2) is 0 Å². The minimum absolute atomic E-state index is 0.0334. The monoisotopic (exact) mass is 384 g/mol. The minimum Gasteiger partial charge on any atom is -0.466 e. The summed E-state index contributed by atoms with van der Waals surface area (Å²) in [7, 11) is 0. The van der Waals surface area contributed by atoms with Crippen molar-refractivity contribution in [2.45, 2.75) is 117 Å². The first-order valence-corrected chi connectivity index (χ1v) is 11.4. The zero-order valence-corrected chi connectivity index (χ0v) is 18.2. The highest BCUT2D eigenvalue weighted by molar-refractivity contribution is 5.69. The summed E-state index contributed by atoms with van der Waals surface area (Å²) in [5.41, 5.74) is 0. The van der Waals surface area contributed by atoms with E-state index in [1.165, 1.54) is 44.9 Å². The van der Waals surface area contributed by atoms with E-state index in [0.717, 1.165) is 38.5 Å². The summed E-state index contributed by atoms with van der Waals surface area (Å²) in [6.07, 6.45) is 16.0. The number of ether oxygens (including phenoxy) is 2. The normalized spacial score (nSPS) is 12.0. The maximum atomic E-state index is 11.6. The Hall–Kier alpha value is -1.06. The van der Waals surface area contributed by atoms with Gasteiger partial charge in [0, 0.05) is 12.8 Å². The molecule has 4 nitrogen and oxygen atoms in total. The quantitative estimate of drug-likeness (QED) is 0.186. The lowest BCUT2D eigenvalue weighted by Crippen LogP contribution is -2.08. The lowest BCUT2D eigenvalue weighted by atomic mass is 9.93. The fourth-order valence-electron chi connectivity index (χ4n) is 3.21. The third-order valence-corrected chi connectivity index (χ3v) is 5.01. The fourth-order valence-corrected chi connectivity index (χ4v) is 3.21. The van der Waals surface area contributed by atoms with Crippen LogP contribution in [-0.4, -0.2) is 25.2 Å². The van der Waals surface area contributed by atoms with E-state index in [0.29, 0.717) is 32.0 Å². The molecule has 27 heavy (non-hydrogen) atoms. The molecule has 0 amide bonds. The Morgan fingerprint density at radius 2 is 1.11 bits per heavy atom. The van der Waals surface area contributed by atoms with Gasteiger partial charge in [-0.05, 0) is 31.6 Å². The Kier molecular flexibility index (Phi) is 18.9. The third kappa shape index (κ3) is 18.1. The van der Waals surface area contributed by atoms with Crippen molar-refractivity contribution in [3.8, 4) is 0 Å². The number of hydrogen-bond donors (Lipinski definition) is 0. The van der Waals surface area contributed by atoms with Crippen LogP contribution in [0.2, 0.25) is 0 Å². The molecule has 0 fully saturated rings. The number of rotatable bonds is 19. The molecule has 0 heterocycles. The van der Waals surface area contributed by atoms with E-state index >= 15 is 0 Å². The van der Waals surface area contributed by atoms with Crippen molar-refractivity contribution in [2.75, 3.05) is 13.2 Å². The molecule has 1 atom stereocenters. The predicted molar refractivity (Wildman–Crippen MR) is 112 cm³/mol. The topological polar surface area (TPSA) is 52.6 Å². The average Bonchev–Trinajstić information content (AvgIpc) is 2.68. The summed E-state index contributed by atoms with van der Waals surface area (Å²) in [6, 6.07) is 0. The second kappa shape index (κ2) is 19.7. The molecule has 0 aliphatic carbocycles. The highest BCUT2D eigenvalue weighted by atomic mass is 16.5. The number of hydrogen-bond acceptors (Lipinski definition) is 4. The molecule has 0 N–H and O–H groups in total. The van der Waals surface area contributed by atoms with Gasteiger partial charge >= 0.3 is 11.9 Å². The van der Waals surface area contributed by atoms with Crippen LogP contribution in [0.3, 0.4) is 0 Å². The van der Waals surface area contributed by atoms with Crippen LogP contribution in [0, 0.1) is 5.92 Å². The average molecular weight is 385 g/mol. The van der Waals surface area contributed by atoms with Crippen molar-refractivity contribution in [1.29, 1.82) is 0 Å². The van der Waals surface area contributed by atoms with Crippen molar-refractivity contribution in [3.05, 3.63) is 0 Å². The maximum absolute atomic E-state index is 11.6. The summed E-state index contributed by atoms with van der Waals surface area (Å²) in [4.78, 5) is 23.0. The summed E-state index contributed by atoms with van der Waals surface area (Å²) in [5, 5.41) is 0. The number of carbonyl (C=O) groups excluding carboxylic acids is 2. The Balaban J connectivity index is 3.43. The van der Waals surface area contributed by atoms with Crippen molar-refractivity contribution in [2.24, 2.45) is 5.92 Å². The van der Waals surface area contributed by atoms with Crippen LogP contribution in [0.4, 0.5) is 0 Å². The first kappa shape index (κ1) is 25.9. The Morgan fingerprint density at radius 1 is 0.630 bits per heavy atom. The number of carbonyl (C=O) groups is 2. The van der Waals surface area contributed by atoms with Crippen LogP contribution >= 0.6 is 0 Å². The van der Waals surface area contributed by atoms with Gasteiger partial charge in [-0.1, -0.05) is 78.6 Å². The van der Waals surface area contributed by atoms with Gasteiger partial charge in [-0.3, -0.25) is 9.59 Å². The van der Waals surface area contributed by atoms with E-state index in [4.69, 9.17) is 9.47 Å². The first-order valence-electron chi connectivity index (χ1n) is 11.4.